The van der Waals surface area contributed by atoms with Crippen molar-refractivity contribution < 1.29 is 13.2 Å². The molecule has 1 aliphatic heterocycles. The van der Waals surface area contributed by atoms with Gasteiger partial charge in [-0.15, -0.1) is 0 Å². The fraction of sp³-hybridized carbons (Fsp3) is 0.278. The van der Waals surface area contributed by atoms with E-state index < -0.39 is 9.84 Å². The van der Waals surface area contributed by atoms with Crippen LogP contribution in [-0.2, 0) is 9.84 Å². The molecule has 1 fully saturated rings. The number of anilines is 2. The van der Waals surface area contributed by atoms with Crippen LogP contribution in [0.3, 0.4) is 0 Å². The van der Waals surface area contributed by atoms with E-state index in [0.717, 1.165) is 11.4 Å². The van der Waals surface area contributed by atoms with Crippen molar-refractivity contribution in [2.45, 2.75) is 13.0 Å². The van der Waals surface area contributed by atoms with Crippen LogP contribution < -0.4 is 5.32 Å². The molecule has 2 aromatic rings. The molecule has 3 rings (SSSR count). The number of nitrogens with one attached hydrogen (secondary N) is 1. The first-order valence-electron chi connectivity index (χ1n) is 7.88. The van der Waals surface area contributed by atoms with Gasteiger partial charge in [0, 0.05) is 29.5 Å². The van der Waals surface area contributed by atoms with Gasteiger partial charge in [-0.05, 0) is 37.3 Å². The Bertz CT molecular complexity index is 834. The summed E-state index contributed by atoms with van der Waals surface area (Å²) in [5.74, 6) is -0.0692. The van der Waals surface area contributed by atoms with Gasteiger partial charge in [-0.25, -0.2) is 8.42 Å². The number of carbonyl (C=O) groups excluding carboxylic acids is 1. The second kappa shape index (κ2) is 6.65. The average Bonchev–Trinajstić information content (AvgIpc) is 2.55. The number of benzene rings is 2. The molecule has 5 nitrogen and oxygen atoms in total. The van der Waals surface area contributed by atoms with Crippen LogP contribution in [0, 0.1) is 0 Å². The number of hydrogen-bond acceptors (Lipinski definition) is 4. The lowest BCUT2D eigenvalue weighted by molar-refractivity contribution is 0.0712. The van der Waals surface area contributed by atoms with Crippen LogP contribution in [0.15, 0.2) is 54.6 Å². The third kappa shape index (κ3) is 3.76. The molecule has 0 saturated carbocycles. The zero-order valence-corrected chi connectivity index (χ0v) is 14.3. The Kier molecular flexibility index (Phi) is 4.57. The quantitative estimate of drug-likeness (QED) is 0.930. The highest BCUT2D eigenvalue weighted by molar-refractivity contribution is 7.91. The fourth-order valence-electron chi connectivity index (χ4n) is 2.88. The van der Waals surface area contributed by atoms with Crippen molar-refractivity contribution in [1.29, 1.82) is 0 Å². The molecule has 2 aromatic carbocycles. The molecule has 24 heavy (non-hydrogen) atoms. The van der Waals surface area contributed by atoms with Gasteiger partial charge in [0.1, 0.15) is 0 Å². The van der Waals surface area contributed by atoms with E-state index in [9.17, 15) is 13.2 Å². The molecule has 1 unspecified atom stereocenters. The molecule has 1 heterocycles. The van der Waals surface area contributed by atoms with E-state index in [4.69, 9.17) is 0 Å². The summed E-state index contributed by atoms with van der Waals surface area (Å²) in [6.45, 7) is 2.03. The average molecular weight is 344 g/mol. The summed E-state index contributed by atoms with van der Waals surface area (Å²) in [5.41, 5.74) is 2.32. The van der Waals surface area contributed by atoms with Crippen LogP contribution in [0.25, 0.3) is 0 Å². The summed E-state index contributed by atoms with van der Waals surface area (Å²) < 4.78 is 23.3. The molecule has 1 saturated heterocycles. The van der Waals surface area contributed by atoms with E-state index in [2.05, 4.69) is 5.32 Å². The van der Waals surface area contributed by atoms with E-state index in [-0.39, 0.29) is 30.0 Å². The molecule has 1 N–H and O–H groups in total. The normalized spacial score (nSPS) is 19.7. The monoisotopic (exact) mass is 344 g/mol. The highest BCUT2D eigenvalue weighted by Gasteiger charge is 2.31. The van der Waals surface area contributed by atoms with Crippen LogP contribution in [0.4, 0.5) is 11.4 Å². The van der Waals surface area contributed by atoms with E-state index in [1.165, 1.54) is 0 Å². The summed E-state index contributed by atoms with van der Waals surface area (Å²) in [6.07, 6.45) is 0. The third-order valence-corrected chi connectivity index (χ3v) is 5.90. The third-order valence-electron chi connectivity index (χ3n) is 4.10. The van der Waals surface area contributed by atoms with Gasteiger partial charge in [0.15, 0.2) is 9.84 Å². The standard InChI is InChI=1S/C18H20N2O3S/c1-14-13-24(22,23)11-10-20(14)18(21)15-6-5-9-17(12-15)19-16-7-3-2-4-8-16/h2-9,12,14,19H,10-11,13H2,1H3. The largest absolute Gasteiger partial charge is 0.356 e. The number of para-hydroxylation sites is 1. The predicted molar refractivity (Wildman–Crippen MR) is 95.3 cm³/mol. The van der Waals surface area contributed by atoms with Gasteiger partial charge in [0.2, 0.25) is 0 Å². The highest BCUT2D eigenvalue weighted by atomic mass is 32.2. The van der Waals surface area contributed by atoms with Crippen molar-refractivity contribution in [3.05, 3.63) is 60.2 Å². The number of sulfone groups is 1. The molecule has 1 aliphatic rings. The van der Waals surface area contributed by atoms with Crippen LogP contribution in [-0.4, -0.2) is 43.3 Å². The van der Waals surface area contributed by atoms with Gasteiger partial charge >= 0.3 is 0 Å². The van der Waals surface area contributed by atoms with Crippen molar-refractivity contribution in [3.63, 3.8) is 0 Å². The second-order valence-electron chi connectivity index (χ2n) is 6.03. The first kappa shape index (κ1) is 16.5. The molecule has 0 aliphatic carbocycles. The molecular formula is C18H20N2O3S. The topological polar surface area (TPSA) is 66.5 Å². The maximum atomic E-state index is 12.7. The summed E-state index contributed by atoms with van der Waals surface area (Å²) in [4.78, 5) is 14.4. The van der Waals surface area contributed by atoms with Crippen molar-refractivity contribution >= 4 is 27.1 Å². The smallest absolute Gasteiger partial charge is 0.254 e. The zero-order valence-electron chi connectivity index (χ0n) is 13.5. The van der Waals surface area contributed by atoms with Gasteiger partial charge < -0.3 is 10.2 Å². The number of amides is 1. The summed E-state index contributed by atoms with van der Waals surface area (Å²) in [7, 11) is -3.04. The van der Waals surface area contributed by atoms with Gasteiger partial charge in [-0.2, -0.15) is 0 Å². The molecule has 0 spiro atoms. The van der Waals surface area contributed by atoms with Crippen LogP contribution in [0.5, 0.6) is 0 Å². The van der Waals surface area contributed by atoms with Crippen LogP contribution >= 0.6 is 0 Å². The Morgan fingerprint density at radius 2 is 1.79 bits per heavy atom. The molecule has 0 aromatic heterocycles. The van der Waals surface area contributed by atoms with Crippen molar-refractivity contribution in [3.8, 4) is 0 Å². The lowest BCUT2D eigenvalue weighted by Gasteiger charge is -2.33. The van der Waals surface area contributed by atoms with Gasteiger partial charge in [0.25, 0.3) is 5.91 Å². The van der Waals surface area contributed by atoms with E-state index >= 15 is 0 Å². The Morgan fingerprint density at radius 3 is 2.50 bits per heavy atom. The maximum Gasteiger partial charge on any atom is 0.254 e. The molecule has 6 heteroatoms. The number of rotatable bonds is 3. The summed E-state index contributed by atoms with van der Waals surface area (Å²) in [5, 5.41) is 3.26. The highest BCUT2D eigenvalue weighted by Crippen LogP contribution is 2.20. The minimum absolute atomic E-state index is 0.0285. The zero-order chi connectivity index (χ0) is 17.2. The lowest BCUT2D eigenvalue weighted by atomic mass is 10.1. The minimum atomic E-state index is -3.04. The van der Waals surface area contributed by atoms with Gasteiger partial charge in [0.05, 0.1) is 11.5 Å². The van der Waals surface area contributed by atoms with Crippen LogP contribution in [0.1, 0.15) is 17.3 Å². The van der Waals surface area contributed by atoms with Crippen molar-refractivity contribution in [2.24, 2.45) is 0 Å². The molecule has 126 valence electrons. The van der Waals surface area contributed by atoms with Crippen LogP contribution in [0.2, 0.25) is 0 Å². The number of hydrogen-bond donors (Lipinski definition) is 1. The number of nitrogens with zero attached hydrogens (tertiary/aromatic N) is 1. The maximum absolute atomic E-state index is 12.7. The predicted octanol–water partition coefficient (Wildman–Crippen LogP) is 2.69. The first-order chi connectivity index (χ1) is 11.4. The fourth-order valence-corrected chi connectivity index (χ4v) is 4.44. The van der Waals surface area contributed by atoms with Crippen molar-refractivity contribution in [2.75, 3.05) is 23.4 Å². The molecule has 1 atom stereocenters. The second-order valence-corrected chi connectivity index (χ2v) is 8.26. The SMILES string of the molecule is CC1CS(=O)(=O)CCN1C(=O)c1cccc(Nc2ccccc2)c1. The molecule has 1 amide bonds. The lowest BCUT2D eigenvalue weighted by Crippen LogP contribution is -2.49. The minimum Gasteiger partial charge on any atom is -0.356 e. The Morgan fingerprint density at radius 1 is 1.08 bits per heavy atom. The first-order valence-corrected chi connectivity index (χ1v) is 9.70. The molecular weight excluding hydrogens is 324 g/mol. The number of carbonyl (C=O) groups is 1. The van der Waals surface area contributed by atoms with Gasteiger partial charge in [-0.3, -0.25) is 4.79 Å². The van der Waals surface area contributed by atoms with E-state index in [1.54, 1.807) is 24.0 Å². The van der Waals surface area contributed by atoms with Crippen molar-refractivity contribution in [1.82, 2.24) is 4.90 Å². The Balaban J connectivity index is 1.77. The summed E-state index contributed by atoms with van der Waals surface area (Å²) in [6, 6.07) is 16.7. The Hall–Kier alpha value is -2.34. The van der Waals surface area contributed by atoms with E-state index in [1.807, 2.05) is 42.5 Å². The van der Waals surface area contributed by atoms with Gasteiger partial charge in [-0.1, -0.05) is 24.3 Å². The Labute approximate surface area is 142 Å². The summed E-state index contributed by atoms with van der Waals surface area (Å²) >= 11 is 0. The van der Waals surface area contributed by atoms with E-state index in [0.29, 0.717) is 5.56 Å². The molecule has 0 radical (unpaired) electrons. The molecule has 0 bridgehead atoms.